The zero-order chi connectivity index (χ0) is 22.0. The van der Waals surface area contributed by atoms with Gasteiger partial charge in [-0.1, -0.05) is 54.1 Å². The normalized spacial score (nSPS) is 21.5. The fourth-order valence-corrected chi connectivity index (χ4v) is 4.34. The maximum atomic E-state index is 13.0. The summed E-state index contributed by atoms with van der Waals surface area (Å²) in [6.45, 7) is 1.68. The Morgan fingerprint density at radius 3 is 2.45 bits per heavy atom. The Labute approximate surface area is 185 Å². The SMILES string of the molecule is CC(=O)C1C(=O)C(=O)N(CC(Cc2ccccc2)C2=COCO2)C1c1ccc(Cl)cc1. The second-order valence-electron chi connectivity index (χ2n) is 7.74. The van der Waals surface area contributed by atoms with Gasteiger partial charge < -0.3 is 14.4 Å². The van der Waals surface area contributed by atoms with E-state index in [-0.39, 0.29) is 25.0 Å². The van der Waals surface area contributed by atoms with Gasteiger partial charge in [0.2, 0.25) is 12.6 Å². The van der Waals surface area contributed by atoms with E-state index in [1.165, 1.54) is 11.8 Å². The lowest BCUT2D eigenvalue weighted by Gasteiger charge is -2.30. The van der Waals surface area contributed by atoms with Gasteiger partial charge in [-0.05, 0) is 36.6 Å². The lowest BCUT2D eigenvalue weighted by Crippen LogP contribution is -2.36. The second kappa shape index (κ2) is 8.94. The lowest BCUT2D eigenvalue weighted by molar-refractivity contribution is -0.142. The molecule has 0 N–H and O–H groups in total. The van der Waals surface area contributed by atoms with Gasteiger partial charge in [-0.25, -0.2) is 0 Å². The molecule has 2 aromatic carbocycles. The van der Waals surface area contributed by atoms with Crippen LogP contribution in [0.3, 0.4) is 0 Å². The highest BCUT2D eigenvalue weighted by Crippen LogP contribution is 2.39. The number of ketones is 2. The van der Waals surface area contributed by atoms with Gasteiger partial charge in [-0.2, -0.15) is 0 Å². The van der Waals surface area contributed by atoms with Gasteiger partial charge >= 0.3 is 0 Å². The van der Waals surface area contributed by atoms with Crippen molar-refractivity contribution in [3.05, 3.63) is 82.8 Å². The van der Waals surface area contributed by atoms with Crippen LogP contribution >= 0.6 is 11.6 Å². The van der Waals surface area contributed by atoms with E-state index in [0.29, 0.717) is 22.8 Å². The number of Topliss-reactive ketones (excluding diaryl/α,β-unsaturated/α-hetero) is 2. The van der Waals surface area contributed by atoms with E-state index in [1.807, 2.05) is 30.3 Å². The fourth-order valence-electron chi connectivity index (χ4n) is 4.22. The van der Waals surface area contributed by atoms with Gasteiger partial charge in [-0.3, -0.25) is 14.4 Å². The standard InChI is InChI=1S/C24H22ClNO5/c1-15(27)21-22(17-7-9-19(25)10-8-17)26(24(29)23(21)28)12-18(20-13-30-14-31-20)11-16-5-3-2-4-6-16/h2-10,13,18,21-22H,11-12,14H2,1H3. The molecule has 7 heteroatoms. The topological polar surface area (TPSA) is 72.9 Å². The van der Waals surface area contributed by atoms with E-state index in [0.717, 1.165) is 5.56 Å². The van der Waals surface area contributed by atoms with Crippen LogP contribution in [0.15, 0.2) is 66.6 Å². The molecule has 0 aliphatic carbocycles. The number of carbonyl (C=O) groups is 3. The van der Waals surface area contributed by atoms with Gasteiger partial charge in [-0.15, -0.1) is 0 Å². The number of benzene rings is 2. The number of halogens is 1. The lowest BCUT2D eigenvalue weighted by atomic mass is 9.89. The highest BCUT2D eigenvalue weighted by atomic mass is 35.5. The number of nitrogens with zero attached hydrogens (tertiary/aromatic N) is 1. The first-order valence-electron chi connectivity index (χ1n) is 10.0. The van der Waals surface area contributed by atoms with Gasteiger partial charge in [0.05, 0.1) is 6.04 Å². The van der Waals surface area contributed by atoms with Crippen molar-refractivity contribution in [2.75, 3.05) is 13.3 Å². The summed E-state index contributed by atoms with van der Waals surface area (Å²) in [5.74, 6) is -2.32. The highest BCUT2D eigenvalue weighted by molar-refractivity contribution is 6.42. The Kier molecular flexibility index (Phi) is 6.09. The molecular weight excluding hydrogens is 418 g/mol. The summed E-state index contributed by atoms with van der Waals surface area (Å²) < 4.78 is 10.9. The van der Waals surface area contributed by atoms with Crippen LogP contribution in [0.1, 0.15) is 24.1 Å². The minimum atomic E-state index is -1.04. The van der Waals surface area contributed by atoms with Crippen LogP contribution in [0, 0.1) is 11.8 Å². The summed E-state index contributed by atoms with van der Waals surface area (Å²) in [7, 11) is 0. The molecule has 1 amide bonds. The Balaban J connectivity index is 1.69. The number of likely N-dealkylation sites (tertiary alicyclic amines) is 1. The van der Waals surface area contributed by atoms with E-state index in [2.05, 4.69) is 0 Å². The minimum Gasteiger partial charge on any atom is -0.462 e. The van der Waals surface area contributed by atoms with Crippen LogP contribution in [0.4, 0.5) is 0 Å². The number of ether oxygens (including phenoxy) is 2. The first-order chi connectivity index (χ1) is 15.0. The average Bonchev–Trinajstić information content (AvgIpc) is 3.38. The molecule has 0 saturated carbocycles. The molecule has 0 spiro atoms. The number of amides is 1. The van der Waals surface area contributed by atoms with Crippen molar-refractivity contribution in [2.45, 2.75) is 19.4 Å². The Bertz CT molecular complexity index is 1020. The van der Waals surface area contributed by atoms with Crippen LogP contribution in [-0.2, 0) is 30.3 Å². The van der Waals surface area contributed by atoms with Crippen LogP contribution in [0.2, 0.25) is 5.02 Å². The summed E-state index contributed by atoms with van der Waals surface area (Å²) in [6.07, 6.45) is 2.14. The van der Waals surface area contributed by atoms with Crippen LogP contribution in [0.5, 0.6) is 0 Å². The first-order valence-corrected chi connectivity index (χ1v) is 10.4. The fraction of sp³-hybridized carbons (Fsp3) is 0.292. The molecule has 31 heavy (non-hydrogen) atoms. The molecule has 2 aromatic rings. The van der Waals surface area contributed by atoms with Crippen LogP contribution in [0.25, 0.3) is 0 Å². The number of rotatable bonds is 7. The van der Waals surface area contributed by atoms with Crippen molar-refractivity contribution in [1.82, 2.24) is 4.90 Å². The van der Waals surface area contributed by atoms with E-state index < -0.39 is 23.7 Å². The molecular formula is C24H22ClNO5. The number of hydrogen-bond acceptors (Lipinski definition) is 5. The summed E-state index contributed by atoms with van der Waals surface area (Å²) in [4.78, 5) is 39.6. The van der Waals surface area contributed by atoms with Crippen molar-refractivity contribution >= 4 is 29.1 Å². The quantitative estimate of drug-likeness (QED) is 0.486. The molecule has 3 unspecified atom stereocenters. The van der Waals surface area contributed by atoms with Gasteiger partial charge in [0.25, 0.3) is 5.91 Å². The van der Waals surface area contributed by atoms with Gasteiger partial charge in [0.15, 0.2) is 0 Å². The molecule has 1 saturated heterocycles. The van der Waals surface area contributed by atoms with E-state index in [9.17, 15) is 14.4 Å². The van der Waals surface area contributed by atoms with Crippen molar-refractivity contribution in [3.63, 3.8) is 0 Å². The van der Waals surface area contributed by atoms with E-state index in [4.69, 9.17) is 21.1 Å². The zero-order valence-electron chi connectivity index (χ0n) is 17.0. The predicted molar refractivity (Wildman–Crippen MR) is 114 cm³/mol. The maximum Gasteiger partial charge on any atom is 0.291 e. The van der Waals surface area contributed by atoms with Crippen LogP contribution in [-0.4, -0.2) is 35.7 Å². The van der Waals surface area contributed by atoms with Gasteiger partial charge in [0, 0.05) is 17.5 Å². The van der Waals surface area contributed by atoms with Crippen LogP contribution < -0.4 is 0 Å². The van der Waals surface area contributed by atoms with E-state index >= 15 is 0 Å². The predicted octanol–water partition coefficient (Wildman–Crippen LogP) is 3.70. The van der Waals surface area contributed by atoms with Crippen molar-refractivity contribution < 1.29 is 23.9 Å². The summed E-state index contributed by atoms with van der Waals surface area (Å²) in [6, 6.07) is 16.0. The zero-order valence-corrected chi connectivity index (χ0v) is 17.7. The highest BCUT2D eigenvalue weighted by Gasteiger charge is 2.51. The maximum absolute atomic E-state index is 13.0. The largest absolute Gasteiger partial charge is 0.462 e. The molecule has 0 radical (unpaired) electrons. The Morgan fingerprint density at radius 2 is 1.84 bits per heavy atom. The molecule has 2 heterocycles. The monoisotopic (exact) mass is 439 g/mol. The first kappa shape index (κ1) is 21.1. The number of hydrogen-bond donors (Lipinski definition) is 0. The molecule has 3 atom stereocenters. The Hall–Kier alpha value is -3.12. The molecule has 2 aliphatic rings. The minimum absolute atomic E-state index is 0.115. The van der Waals surface area contributed by atoms with Crippen molar-refractivity contribution in [3.8, 4) is 0 Å². The summed E-state index contributed by atoms with van der Waals surface area (Å²) in [5.41, 5.74) is 1.76. The van der Waals surface area contributed by atoms with E-state index in [1.54, 1.807) is 30.5 Å². The molecule has 4 rings (SSSR count). The molecule has 0 bridgehead atoms. The van der Waals surface area contributed by atoms with Gasteiger partial charge in [0.1, 0.15) is 23.7 Å². The molecule has 0 aromatic heterocycles. The Morgan fingerprint density at radius 1 is 1.13 bits per heavy atom. The number of carbonyl (C=O) groups excluding carboxylic acids is 3. The third kappa shape index (κ3) is 4.35. The molecule has 160 valence electrons. The average molecular weight is 440 g/mol. The van der Waals surface area contributed by atoms with Crippen molar-refractivity contribution in [2.24, 2.45) is 11.8 Å². The third-order valence-corrected chi connectivity index (χ3v) is 5.94. The second-order valence-corrected chi connectivity index (χ2v) is 8.18. The summed E-state index contributed by atoms with van der Waals surface area (Å²) >= 11 is 6.02. The molecule has 6 nitrogen and oxygen atoms in total. The third-order valence-electron chi connectivity index (χ3n) is 5.69. The summed E-state index contributed by atoms with van der Waals surface area (Å²) in [5, 5.41) is 0.536. The van der Waals surface area contributed by atoms with Crippen molar-refractivity contribution in [1.29, 1.82) is 0 Å². The molecule has 2 aliphatic heterocycles. The molecule has 1 fully saturated rings. The smallest absolute Gasteiger partial charge is 0.291 e.